The van der Waals surface area contributed by atoms with Crippen molar-refractivity contribution in [3.63, 3.8) is 0 Å². The molecule has 5 nitrogen and oxygen atoms in total. The Balaban J connectivity index is 1.93. The number of nitrogens with one attached hydrogen (secondary N) is 1. The van der Waals surface area contributed by atoms with E-state index in [2.05, 4.69) is 20.4 Å². The van der Waals surface area contributed by atoms with Gasteiger partial charge in [-0.25, -0.2) is 13.9 Å². The number of benzene rings is 1. The lowest BCUT2D eigenvalue weighted by Gasteiger charge is -2.16. The maximum atomic E-state index is 13.8. The van der Waals surface area contributed by atoms with Crippen molar-refractivity contribution < 1.29 is 4.39 Å². The van der Waals surface area contributed by atoms with Crippen molar-refractivity contribution in [1.29, 1.82) is 0 Å². The van der Waals surface area contributed by atoms with E-state index in [0.29, 0.717) is 17.2 Å². The first-order valence-corrected chi connectivity index (χ1v) is 6.52. The van der Waals surface area contributed by atoms with Crippen molar-refractivity contribution in [3.05, 3.63) is 47.5 Å². The van der Waals surface area contributed by atoms with Gasteiger partial charge in [0.25, 0.3) is 5.78 Å². The van der Waals surface area contributed by atoms with Gasteiger partial charge in [0, 0.05) is 31.3 Å². The normalized spacial score (nSPS) is 14.4. The van der Waals surface area contributed by atoms with Crippen molar-refractivity contribution in [1.82, 2.24) is 24.9 Å². The number of halogens is 1. The van der Waals surface area contributed by atoms with Gasteiger partial charge in [0.1, 0.15) is 5.82 Å². The van der Waals surface area contributed by atoms with E-state index in [1.807, 2.05) is 6.20 Å². The van der Waals surface area contributed by atoms with Gasteiger partial charge in [-0.1, -0.05) is 12.1 Å². The standard InChI is InChI=1S/C14H12FN5/c15-11-4-2-1-3-10(11)13-18-14-17-8-9-7-16-6-5-12(9)20(14)19-13/h1-4,8,16H,5-7H2. The highest BCUT2D eigenvalue weighted by atomic mass is 19.1. The lowest BCUT2D eigenvalue weighted by Crippen LogP contribution is -2.26. The van der Waals surface area contributed by atoms with Crippen LogP contribution in [0.25, 0.3) is 17.2 Å². The average molecular weight is 269 g/mol. The average Bonchev–Trinajstić information content (AvgIpc) is 2.92. The van der Waals surface area contributed by atoms with Crippen LogP contribution in [0.3, 0.4) is 0 Å². The van der Waals surface area contributed by atoms with Gasteiger partial charge in [0.15, 0.2) is 5.82 Å². The molecule has 2 aromatic heterocycles. The first kappa shape index (κ1) is 11.5. The minimum atomic E-state index is -0.320. The van der Waals surface area contributed by atoms with Crippen molar-refractivity contribution in [2.24, 2.45) is 0 Å². The highest BCUT2D eigenvalue weighted by molar-refractivity contribution is 5.57. The summed E-state index contributed by atoms with van der Waals surface area (Å²) < 4.78 is 15.6. The van der Waals surface area contributed by atoms with Gasteiger partial charge in [-0.05, 0) is 12.1 Å². The summed E-state index contributed by atoms with van der Waals surface area (Å²) in [6.07, 6.45) is 2.69. The topological polar surface area (TPSA) is 55.1 Å². The summed E-state index contributed by atoms with van der Waals surface area (Å²) in [6, 6.07) is 6.52. The molecule has 0 bridgehead atoms. The molecule has 3 heterocycles. The highest BCUT2D eigenvalue weighted by Crippen LogP contribution is 2.21. The SMILES string of the molecule is Fc1ccccc1-c1nc2ncc3c(n2n1)CCNC3. The summed E-state index contributed by atoms with van der Waals surface area (Å²) in [7, 11) is 0. The summed E-state index contributed by atoms with van der Waals surface area (Å²) in [4.78, 5) is 8.63. The number of rotatable bonds is 1. The zero-order valence-corrected chi connectivity index (χ0v) is 10.7. The first-order chi connectivity index (χ1) is 9.83. The molecular formula is C14H12FN5. The Morgan fingerprint density at radius 1 is 1.25 bits per heavy atom. The van der Waals surface area contributed by atoms with Crippen LogP contribution >= 0.6 is 0 Å². The summed E-state index contributed by atoms with van der Waals surface area (Å²) in [5.41, 5.74) is 2.62. The molecule has 20 heavy (non-hydrogen) atoms. The number of hydrogen-bond donors (Lipinski definition) is 1. The number of nitrogens with zero attached hydrogens (tertiary/aromatic N) is 4. The quantitative estimate of drug-likeness (QED) is 0.728. The summed E-state index contributed by atoms with van der Waals surface area (Å²) >= 11 is 0. The minimum absolute atomic E-state index is 0.320. The third kappa shape index (κ3) is 1.69. The van der Waals surface area contributed by atoms with E-state index >= 15 is 0 Å². The molecule has 4 rings (SSSR count). The van der Waals surface area contributed by atoms with Crippen molar-refractivity contribution in [2.75, 3.05) is 6.54 Å². The van der Waals surface area contributed by atoms with Crippen LogP contribution in [0.4, 0.5) is 4.39 Å². The lowest BCUT2D eigenvalue weighted by atomic mass is 10.1. The van der Waals surface area contributed by atoms with Crippen molar-refractivity contribution in [3.8, 4) is 11.4 Å². The van der Waals surface area contributed by atoms with E-state index in [4.69, 9.17) is 0 Å². The van der Waals surface area contributed by atoms with Crippen LogP contribution in [0.2, 0.25) is 0 Å². The predicted molar refractivity (Wildman–Crippen MR) is 71.6 cm³/mol. The molecule has 1 aliphatic rings. The Labute approximate surface area is 114 Å². The molecule has 1 N–H and O–H groups in total. The van der Waals surface area contributed by atoms with E-state index in [0.717, 1.165) is 30.8 Å². The molecule has 1 aliphatic heterocycles. The van der Waals surface area contributed by atoms with Crippen LogP contribution in [0.15, 0.2) is 30.5 Å². The zero-order valence-electron chi connectivity index (χ0n) is 10.7. The minimum Gasteiger partial charge on any atom is -0.312 e. The van der Waals surface area contributed by atoms with Gasteiger partial charge < -0.3 is 5.32 Å². The fourth-order valence-electron chi connectivity index (χ4n) is 2.52. The maximum absolute atomic E-state index is 13.8. The van der Waals surface area contributed by atoms with E-state index in [9.17, 15) is 4.39 Å². The van der Waals surface area contributed by atoms with Crippen LogP contribution in [0, 0.1) is 5.82 Å². The Morgan fingerprint density at radius 2 is 2.15 bits per heavy atom. The van der Waals surface area contributed by atoms with Crippen LogP contribution in [-0.2, 0) is 13.0 Å². The first-order valence-electron chi connectivity index (χ1n) is 6.52. The largest absolute Gasteiger partial charge is 0.312 e. The second-order valence-corrected chi connectivity index (χ2v) is 4.78. The summed E-state index contributed by atoms with van der Waals surface area (Å²) in [5.74, 6) is 0.574. The fourth-order valence-corrected chi connectivity index (χ4v) is 2.52. The van der Waals surface area contributed by atoms with E-state index in [1.54, 1.807) is 22.7 Å². The molecule has 6 heteroatoms. The molecule has 3 aromatic rings. The highest BCUT2D eigenvalue weighted by Gasteiger charge is 2.17. The molecule has 0 fully saturated rings. The molecule has 0 radical (unpaired) electrons. The number of hydrogen-bond acceptors (Lipinski definition) is 4. The second-order valence-electron chi connectivity index (χ2n) is 4.78. The zero-order chi connectivity index (χ0) is 13.5. The Hall–Kier alpha value is -2.34. The maximum Gasteiger partial charge on any atom is 0.252 e. The van der Waals surface area contributed by atoms with Gasteiger partial charge in [-0.15, -0.1) is 5.10 Å². The second kappa shape index (κ2) is 4.35. The molecule has 100 valence electrons. The fraction of sp³-hybridized carbons (Fsp3) is 0.214. The molecule has 0 amide bonds. The molecular weight excluding hydrogens is 257 g/mol. The molecule has 0 atom stereocenters. The number of aromatic nitrogens is 4. The van der Waals surface area contributed by atoms with Crippen molar-refractivity contribution in [2.45, 2.75) is 13.0 Å². The van der Waals surface area contributed by atoms with Gasteiger partial charge in [-0.3, -0.25) is 0 Å². The van der Waals surface area contributed by atoms with Crippen LogP contribution in [0.5, 0.6) is 0 Å². The number of fused-ring (bicyclic) bond motifs is 3. The molecule has 0 saturated heterocycles. The van der Waals surface area contributed by atoms with Crippen LogP contribution in [-0.4, -0.2) is 26.1 Å². The summed E-state index contributed by atoms with van der Waals surface area (Å²) in [6.45, 7) is 1.69. The molecule has 1 aromatic carbocycles. The molecule has 0 aliphatic carbocycles. The molecule has 0 unspecified atom stereocenters. The molecule has 0 spiro atoms. The third-order valence-electron chi connectivity index (χ3n) is 3.52. The smallest absolute Gasteiger partial charge is 0.252 e. The Bertz CT molecular complexity index is 795. The lowest BCUT2D eigenvalue weighted by molar-refractivity contribution is 0.609. The van der Waals surface area contributed by atoms with Gasteiger partial charge in [-0.2, -0.15) is 4.98 Å². The van der Waals surface area contributed by atoms with E-state index < -0.39 is 0 Å². The van der Waals surface area contributed by atoms with Crippen LogP contribution < -0.4 is 5.32 Å². The van der Waals surface area contributed by atoms with Crippen LogP contribution in [0.1, 0.15) is 11.3 Å². The summed E-state index contributed by atoms with van der Waals surface area (Å²) in [5, 5.41) is 7.72. The Kier molecular flexibility index (Phi) is 2.50. The van der Waals surface area contributed by atoms with Gasteiger partial charge in [0.2, 0.25) is 0 Å². The monoisotopic (exact) mass is 269 g/mol. The predicted octanol–water partition coefficient (Wildman–Crippen LogP) is 1.58. The van der Waals surface area contributed by atoms with Gasteiger partial charge in [0.05, 0.1) is 11.3 Å². The van der Waals surface area contributed by atoms with E-state index in [1.165, 1.54) is 6.07 Å². The Morgan fingerprint density at radius 3 is 3.05 bits per heavy atom. The van der Waals surface area contributed by atoms with E-state index in [-0.39, 0.29) is 5.82 Å². The molecule has 0 saturated carbocycles. The van der Waals surface area contributed by atoms with Crippen molar-refractivity contribution >= 4 is 5.78 Å². The third-order valence-corrected chi connectivity index (χ3v) is 3.52. The van der Waals surface area contributed by atoms with Gasteiger partial charge >= 0.3 is 0 Å².